The first-order valence-electron chi connectivity index (χ1n) is 9.12. The number of thiazole rings is 1. The fraction of sp³-hybridized carbons (Fsp3) is 0.421. The third-order valence-electron chi connectivity index (χ3n) is 4.46. The van der Waals surface area contributed by atoms with Crippen LogP contribution in [0.4, 0.5) is 10.8 Å². The minimum absolute atomic E-state index is 0. The van der Waals surface area contributed by atoms with Gasteiger partial charge in [-0.05, 0) is 17.7 Å². The smallest absolute Gasteiger partial charge is 0.226 e. The Kier molecular flexibility index (Phi) is 8.49. The fourth-order valence-corrected chi connectivity index (χ4v) is 3.45. The van der Waals surface area contributed by atoms with E-state index in [0.29, 0.717) is 12.5 Å². The van der Waals surface area contributed by atoms with Gasteiger partial charge in [0.2, 0.25) is 5.91 Å². The summed E-state index contributed by atoms with van der Waals surface area (Å²) in [4.78, 5) is 25.0. The summed E-state index contributed by atoms with van der Waals surface area (Å²) in [6.45, 7) is 7.75. The number of piperazine rings is 1. The first-order chi connectivity index (χ1) is 13.0. The second-order valence-corrected chi connectivity index (χ2v) is 7.68. The Morgan fingerprint density at radius 3 is 2.50 bits per heavy atom. The van der Waals surface area contributed by atoms with E-state index in [1.54, 1.807) is 11.3 Å². The molecule has 1 aromatic heterocycles. The van der Waals surface area contributed by atoms with Gasteiger partial charge in [0.15, 0.2) is 11.1 Å². The molecule has 1 fully saturated rings. The van der Waals surface area contributed by atoms with E-state index in [-0.39, 0.29) is 35.8 Å². The Labute approximate surface area is 187 Å². The van der Waals surface area contributed by atoms with Gasteiger partial charge in [-0.15, -0.1) is 35.3 Å². The molecule has 3 rings (SSSR count). The van der Waals surface area contributed by atoms with E-state index in [9.17, 15) is 4.79 Å². The maximum atomic E-state index is 11.7. The van der Waals surface area contributed by atoms with Gasteiger partial charge < -0.3 is 20.9 Å². The van der Waals surface area contributed by atoms with Crippen molar-refractivity contribution in [3.63, 3.8) is 0 Å². The van der Waals surface area contributed by atoms with Crippen LogP contribution in [0.25, 0.3) is 0 Å². The zero-order valence-electron chi connectivity index (χ0n) is 16.2. The molecule has 2 heterocycles. The number of benzene rings is 1. The van der Waals surface area contributed by atoms with Crippen LogP contribution in [0, 0.1) is 5.92 Å². The zero-order chi connectivity index (χ0) is 19.2. The maximum absolute atomic E-state index is 11.7. The summed E-state index contributed by atoms with van der Waals surface area (Å²) >= 11 is 1.66. The molecule has 0 radical (unpaired) electrons. The summed E-state index contributed by atoms with van der Waals surface area (Å²) in [5.41, 5.74) is 8.03. The molecule has 0 atom stereocenters. The fourth-order valence-electron chi connectivity index (χ4n) is 2.75. The molecular weight excluding hydrogens is 487 g/mol. The van der Waals surface area contributed by atoms with Gasteiger partial charge in [0.05, 0.1) is 6.54 Å². The number of aliphatic imine (C=N–C) groups is 1. The van der Waals surface area contributed by atoms with E-state index in [4.69, 9.17) is 5.73 Å². The van der Waals surface area contributed by atoms with Crippen molar-refractivity contribution in [3.05, 3.63) is 41.4 Å². The molecule has 1 aromatic carbocycles. The molecule has 0 unspecified atom stereocenters. The number of halogens is 1. The summed E-state index contributed by atoms with van der Waals surface area (Å²) in [5, 5.41) is 5.95. The number of nitrogens with zero attached hydrogens (tertiary/aromatic N) is 4. The summed E-state index contributed by atoms with van der Waals surface area (Å²) in [7, 11) is 0. The van der Waals surface area contributed by atoms with Gasteiger partial charge in [-0.25, -0.2) is 9.98 Å². The molecule has 2 aromatic rings. The van der Waals surface area contributed by atoms with Gasteiger partial charge in [-0.1, -0.05) is 26.0 Å². The number of anilines is 2. The van der Waals surface area contributed by atoms with Gasteiger partial charge >= 0.3 is 0 Å². The van der Waals surface area contributed by atoms with E-state index in [0.717, 1.165) is 42.6 Å². The summed E-state index contributed by atoms with van der Waals surface area (Å²) < 4.78 is 0. The SMILES string of the molecule is CC(C)C(=O)Nc1ccc(CN=C(N)N2CCN(c3nccs3)CC2)cc1.I. The van der Waals surface area contributed by atoms with E-state index < -0.39 is 0 Å². The van der Waals surface area contributed by atoms with Gasteiger partial charge in [-0.2, -0.15) is 0 Å². The maximum Gasteiger partial charge on any atom is 0.226 e. The van der Waals surface area contributed by atoms with E-state index in [1.165, 1.54) is 0 Å². The van der Waals surface area contributed by atoms with Crippen molar-refractivity contribution in [1.82, 2.24) is 9.88 Å². The lowest BCUT2D eigenvalue weighted by Crippen LogP contribution is -2.51. The molecule has 0 spiro atoms. The molecule has 0 saturated carbocycles. The summed E-state index contributed by atoms with van der Waals surface area (Å²) in [5.74, 6) is 0.554. The average molecular weight is 514 g/mol. The van der Waals surface area contributed by atoms with Crippen molar-refractivity contribution in [1.29, 1.82) is 0 Å². The number of rotatable bonds is 5. The lowest BCUT2D eigenvalue weighted by molar-refractivity contribution is -0.118. The predicted molar refractivity (Wildman–Crippen MR) is 127 cm³/mol. The monoisotopic (exact) mass is 514 g/mol. The van der Waals surface area contributed by atoms with Crippen molar-refractivity contribution >= 4 is 58.0 Å². The molecule has 1 aliphatic rings. The number of guanidine groups is 1. The molecule has 152 valence electrons. The molecular formula is C19H27IN6OS. The van der Waals surface area contributed by atoms with Crippen molar-refractivity contribution in [2.45, 2.75) is 20.4 Å². The number of amides is 1. The van der Waals surface area contributed by atoms with E-state index in [2.05, 4.69) is 25.1 Å². The highest BCUT2D eigenvalue weighted by Gasteiger charge is 2.19. The number of nitrogens with one attached hydrogen (secondary N) is 1. The Morgan fingerprint density at radius 2 is 1.93 bits per heavy atom. The lowest BCUT2D eigenvalue weighted by Gasteiger charge is -2.35. The van der Waals surface area contributed by atoms with Gasteiger partial charge in [0.25, 0.3) is 0 Å². The van der Waals surface area contributed by atoms with Crippen LogP contribution in [-0.4, -0.2) is 47.9 Å². The topological polar surface area (TPSA) is 86.8 Å². The number of hydrogen-bond acceptors (Lipinski definition) is 5. The Bertz CT molecular complexity index is 770. The largest absolute Gasteiger partial charge is 0.370 e. The normalized spacial score (nSPS) is 14.8. The first kappa shape index (κ1) is 22.4. The molecule has 28 heavy (non-hydrogen) atoms. The molecule has 0 aliphatic carbocycles. The van der Waals surface area contributed by atoms with Gasteiger partial charge in [-0.3, -0.25) is 4.79 Å². The van der Waals surface area contributed by atoms with Crippen LogP contribution in [0.2, 0.25) is 0 Å². The Morgan fingerprint density at radius 1 is 1.25 bits per heavy atom. The molecule has 9 heteroatoms. The second kappa shape index (κ2) is 10.6. The number of aromatic nitrogens is 1. The molecule has 7 nitrogen and oxygen atoms in total. The van der Waals surface area contributed by atoms with E-state index >= 15 is 0 Å². The van der Waals surface area contributed by atoms with Crippen molar-refractivity contribution in [3.8, 4) is 0 Å². The summed E-state index contributed by atoms with van der Waals surface area (Å²) in [6, 6.07) is 7.72. The quantitative estimate of drug-likeness (QED) is 0.364. The number of hydrogen-bond donors (Lipinski definition) is 2. The molecule has 1 aliphatic heterocycles. The molecule has 1 amide bonds. The summed E-state index contributed by atoms with van der Waals surface area (Å²) in [6.07, 6.45) is 1.84. The molecule has 1 saturated heterocycles. The number of carbonyl (C=O) groups is 1. The second-order valence-electron chi connectivity index (χ2n) is 6.80. The van der Waals surface area contributed by atoms with Crippen LogP contribution in [0.3, 0.4) is 0 Å². The Balaban J connectivity index is 0.00000280. The highest BCUT2D eigenvalue weighted by Crippen LogP contribution is 2.19. The number of nitrogens with two attached hydrogens (primary N) is 1. The molecule has 3 N–H and O–H groups in total. The van der Waals surface area contributed by atoms with Crippen LogP contribution in [-0.2, 0) is 11.3 Å². The van der Waals surface area contributed by atoms with Gasteiger partial charge in [0.1, 0.15) is 0 Å². The predicted octanol–water partition coefficient (Wildman–Crippen LogP) is 2.99. The number of carbonyl (C=O) groups excluding carboxylic acids is 1. The average Bonchev–Trinajstić information content (AvgIpc) is 3.22. The van der Waals surface area contributed by atoms with Crippen LogP contribution >= 0.6 is 35.3 Å². The standard InChI is InChI=1S/C19H26N6OS.HI/c1-14(2)17(26)23-16-5-3-15(4-6-16)13-22-18(20)24-8-10-25(11-9-24)19-21-7-12-27-19;/h3-7,12,14H,8-11,13H2,1-2H3,(H2,20,22)(H,23,26);1H. The minimum Gasteiger partial charge on any atom is -0.370 e. The van der Waals surface area contributed by atoms with Crippen LogP contribution < -0.4 is 16.0 Å². The highest BCUT2D eigenvalue weighted by molar-refractivity contribution is 14.0. The van der Waals surface area contributed by atoms with Crippen LogP contribution in [0.5, 0.6) is 0 Å². The lowest BCUT2D eigenvalue weighted by atomic mass is 10.2. The third-order valence-corrected chi connectivity index (χ3v) is 5.30. The Hall–Kier alpha value is -1.88. The minimum atomic E-state index is -0.0369. The van der Waals surface area contributed by atoms with Crippen LogP contribution in [0.15, 0.2) is 40.8 Å². The molecule has 0 bridgehead atoms. The van der Waals surface area contributed by atoms with Crippen LogP contribution in [0.1, 0.15) is 19.4 Å². The van der Waals surface area contributed by atoms with Gasteiger partial charge in [0, 0.05) is 49.4 Å². The zero-order valence-corrected chi connectivity index (χ0v) is 19.3. The van der Waals surface area contributed by atoms with Crippen molar-refractivity contribution < 1.29 is 4.79 Å². The van der Waals surface area contributed by atoms with Crippen molar-refractivity contribution in [2.24, 2.45) is 16.6 Å². The van der Waals surface area contributed by atoms with E-state index in [1.807, 2.05) is 49.7 Å². The highest BCUT2D eigenvalue weighted by atomic mass is 127. The third kappa shape index (κ3) is 6.06. The van der Waals surface area contributed by atoms with Crippen molar-refractivity contribution in [2.75, 3.05) is 36.4 Å². The first-order valence-corrected chi connectivity index (χ1v) is 10.00.